The van der Waals surface area contributed by atoms with Crippen molar-refractivity contribution in [3.8, 4) is 0 Å². The molecule has 0 spiro atoms. The summed E-state index contributed by atoms with van der Waals surface area (Å²) in [5.74, 6) is 0. The summed E-state index contributed by atoms with van der Waals surface area (Å²) in [5.41, 5.74) is 2.47. The second-order valence-corrected chi connectivity index (χ2v) is 4.70. The third-order valence-corrected chi connectivity index (χ3v) is 3.25. The molecule has 2 rings (SSSR count). The Kier molecular flexibility index (Phi) is 5.65. The third-order valence-electron chi connectivity index (χ3n) is 3.25. The lowest BCUT2D eigenvalue weighted by Gasteiger charge is -2.09. The maximum absolute atomic E-state index is 8.69. The summed E-state index contributed by atoms with van der Waals surface area (Å²) >= 11 is 0. The summed E-state index contributed by atoms with van der Waals surface area (Å²) in [6.07, 6.45) is 5.38. The van der Waals surface area contributed by atoms with Gasteiger partial charge in [0.05, 0.1) is 13.2 Å². The maximum Gasteiger partial charge on any atom is 0.184 e. The summed E-state index contributed by atoms with van der Waals surface area (Å²) in [6, 6.07) is 8.51. The smallest absolute Gasteiger partial charge is 0.184 e. The Hall–Kier alpha value is -0.900. The van der Waals surface area contributed by atoms with Crippen LogP contribution in [0.4, 0.5) is 0 Å². The summed E-state index contributed by atoms with van der Waals surface area (Å²) in [4.78, 5) is 0. The minimum atomic E-state index is -0.163. The number of hydrogen-bond donors (Lipinski definition) is 1. The molecule has 1 fully saturated rings. The van der Waals surface area contributed by atoms with Crippen LogP contribution in [0, 0.1) is 0 Å². The van der Waals surface area contributed by atoms with Crippen LogP contribution in [-0.4, -0.2) is 24.9 Å². The zero-order valence-corrected chi connectivity index (χ0v) is 10.8. The van der Waals surface area contributed by atoms with Gasteiger partial charge in [0.15, 0.2) is 6.29 Å². The van der Waals surface area contributed by atoms with E-state index in [9.17, 15) is 0 Å². The minimum Gasteiger partial charge on any atom is -0.396 e. The lowest BCUT2D eigenvalue weighted by atomic mass is 10.0. The van der Waals surface area contributed by atoms with Gasteiger partial charge in [0, 0.05) is 12.2 Å². The van der Waals surface area contributed by atoms with Crippen LogP contribution in [0.15, 0.2) is 24.3 Å². The van der Waals surface area contributed by atoms with Crippen LogP contribution in [0.25, 0.3) is 0 Å². The fourth-order valence-electron chi connectivity index (χ4n) is 2.19. The maximum atomic E-state index is 8.69. The lowest BCUT2D eigenvalue weighted by Crippen LogP contribution is -1.98. The van der Waals surface area contributed by atoms with E-state index in [4.69, 9.17) is 14.6 Å². The molecule has 1 saturated heterocycles. The van der Waals surface area contributed by atoms with Crippen molar-refractivity contribution in [2.75, 3.05) is 19.8 Å². The summed E-state index contributed by atoms with van der Waals surface area (Å²) < 4.78 is 10.9. The van der Waals surface area contributed by atoms with Crippen molar-refractivity contribution < 1.29 is 14.6 Å². The molecule has 0 amide bonds. The van der Waals surface area contributed by atoms with Crippen molar-refractivity contribution in [1.82, 2.24) is 0 Å². The molecule has 100 valence electrons. The molecule has 1 aliphatic heterocycles. The Bertz CT molecular complexity index is 328. The molecule has 1 heterocycles. The molecule has 18 heavy (non-hydrogen) atoms. The molecule has 0 bridgehead atoms. The molecule has 0 atom stereocenters. The topological polar surface area (TPSA) is 38.7 Å². The van der Waals surface area contributed by atoms with Crippen molar-refractivity contribution in [2.45, 2.75) is 38.4 Å². The van der Waals surface area contributed by atoms with E-state index in [-0.39, 0.29) is 6.29 Å². The van der Waals surface area contributed by atoms with E-state index < -0.39 is 0 Å². The van der Waals surface area contributed by atoms with Crippen LogP contribution in [0.5, 0.6) is 0 Å². The Morgan fingerprint density at radius 2 is 1.61 bits per heavy atom. The Balaban J connectivity index is 1.73. The van der Waals surface area contributed by atoms with Gasteiger partial charge in [0.25, 0.3) is 0 Å². The first-order valence-corrected chi connectivity index (χ1v) is 6.83. The molecule has 1 N–H and O–H groups in total. The average molecular weight is 250 g/mol. The minimum absolute atomic E-state index is 0.163. The highest BCUT2D eigenvalue weighted by molar-refractivity contribution is 5.23. The SMILES string of the molecule is OCCCCCCc1ccc(C2OCCO2)cc1. The first kappa shape index (κ1) is 13.5. The molecule has 3 heteroatoms. The Morgan fingerprint density at radius 3 is 2.28 bits per heavy atom. The van der Waals surface area contributed by atoms with Gasteiger partial charge in [-0.2, -0.15) is 0 Å². The summed E-state index contributed by atoms with van der Waals surface area (Å²) in [5, 5.41) is 8.69. The molecule has 1 aromatic rings. The van der Waals surface area contributed by atoms with Gasteiger partial charge in [-0.25, -0.2) is 0 Å². The van der Waals surface area contributed by atoms with Crippen LogP contribution in [0.1, 0.15) is 43.1 Å². The van der Waals surface area contributed by atoms with Gasteiger partial charge in [0.2, 0.25) is 0 Å². The standard InChI is InChI=1S/C15H22O3/c16-10-4-2-1-3-5-13-6-8-14(9-7-13)15-17-11-12-18-15/h6-9,15-16H,1-5,10-12H2. The molecule has 0 aliphatic carbocycles. The van der Waals surface area contributed by atoms with Crippen LogP contribution in [0.3, 0.4) is 0 Å². The number of benzene rings is 1. The van der Waals surface area contributed by atoms with E-state index in [0.717, 1.165) is 24.8 Å². The fraction of sp³-hybridized carbons (Fsp3) is 0.600. The molecular weight excluding hydrogens is 228 g/mol. The van der Waals surface area contributed by atoms with Crippen LogP contribution >= 0.6 is 0 Å². The van der Waals surface area contributed by atoms with Crippen molar-refractivity contribution in [1.29, 1.82) is 0 Å². The van der Waals surface area contributed by atoms with E-state index >= 15 is 0 Å². The van der Waals surface area contributed by atoms with E-state index in [2.05, 4.69) is 24.3 Å². The molecule has 0 aromatic heterocycles. The first-order chi connectivity index (χ1) is 8.90. The third kappa shape index (κ3) is 4.09. The van der Waals surface area contributed by atoms with E-state index in [0.29, 0.717) is 19.8 Å². The van der Waals surface area contributed by atoms with Crippen molar-refractivity contribution in [3.63, 3.8) is 0 Å². The van der Waals surface area contributed by atoms with E-state index in [1.54, 1.807) is 0 Å². The van der Waals surface area contributed by atoms with Crippen LogP contribution in [-0.2, 0) is 15.9 Å². The van der Waals surface area contributed by atoms with Gasteiger partial charge in [0.1, 0.15) is 0 Å². The monoisotopic (exact) mass is 250 g/mol. The second kappa shape index (κ2) is 7.52. The molecule has 0 unspecified atom stereocenters. The predicted molar refractivity (Wildman–Crippen MR) is 70.3 cm³/mol. The molecule has 0 saturated carbocycles. The van der Waals surface area contributed by atoms with Crippen LogP contribution < -0.4 is 0 Å². The highest BCUT2D eigenvalue weighted by Gasteiger charge is 2.17. The van der Waals surface area contributed by atoms with Gasteiger partial charge in [-0.05, 0) is 24.8 Å². The fourth-order valence-corrected chi connectivity index (χ4v) is 2.19. The number of hydrogen-bond acceptors (Lipinski definition) is 3. The van der Waals surface area contributed by atoms with E-state index in [1.165, 1.54) is 18.4 Å². The summed E-state index contributed by atoms with van der Waals surface area (Å²) in [7, 11) is 0. The van der Waals surface area contributed by atoms with Gasteiger partial charge in [-0.3, -0.25) is 0 Å². The number of unbranched alkanes of at least 4 members (excludes halogenated alkanes) is 3. The van der Waals surface area contributed by atoms with Crippen LogP contribution in [0.2, 0.25) is 0 Å². The normalized spacial score (nSPS) is 16.3. The number of rotatable bonds is 7. The van der Waals surface area contributed by atoms with Gasteiger partial charge < -0.3 is 14.6 Å². The van der Waals surface area contributed by atoms with Crippen molar-refractivity contribution in [2.24, 2.45) is 0 Å². The van der Waals surface area contributed by atoms with E-state index in [1.807, 2.05) is 0 Å². The zero-order chi connectivity index (χ0) is 12.6. The quantitative estimate of drug-likeness (QED) is 0.756. The van der Waals surface area contributed by atoms with Gasteiger partial charge in [-0.1, -0.05) is 37.1 Å². The first-order valence-electron chi connectivity index (χ1n) is 6.83. The highest BCUT2D eigenvalue weighted by atomic mass is 16.7. The Labute approximate surface area is 109 Å². The number of ether oxygens (including phenoxy) is 2. The zero-order valence-electron chi connectivity index (χ0n) is 10.8. The largest absolute Gasteiger partial charge is 0.396 e. The molecule has 0 radical (unpaired) electrons. The van der Waals surface area contributed by atoms with Crippen molar-refractivity contribution >= 4 is 0 Å². The lowest BCUT2D eigenvalue weighted by molar-refractivity contribution is -0.0441. The second-order valence-electron chi connectivity index (χ2n) is 4.70. The molecule has 3 nitrogen and oxygen atoms in total. The number of aryl methyl sites for hydroxylation is 1. The van der Waals surface area contributed by atoms with Crippen molar-refractivity contribution in [3.05, 3.63) is 35.4 Å². The van der Waals surface area contributed by atoms with Gasteiger partial charge in [-0.15, -0.1) is 0 Å². The number of aliphatic hydroxyl groups is 1. The Morgan fingerprint density at radius 1 is 0.944 bits per heavy atom. The molecule has 1 aliphatic rings. The van der Waals surface area contributed by atoms with Gasteiger partial charge >= 0.3 is 0 Å². The molecule has 1 aromatic carbocycles. The average Bonchev–Trinajstić information content (AvgIpc) is 2.93. The summed E-state index contributed by atoms with van der Waals surface area (Å²) in [6.45, 7) is 1.70. The predicted octanol–water partition coefficient (Wildman–Crippen LogP) is 2.83. The number of aliphatic hydroxyl groups excluding tert-OH is 1. The molecular formula is C15H22O3. The highest BCUT2D eigenvalue weighted by Crippen LogP contribution is 2.23.